The van der Waals surface area contributed by atoms with Crippen molar-refractivity contribution in [3.63, 3.8) is 0 Å². The van der Waals surface area contributed by atoms with E-state index in [1.807, 2.05) is 13.8 Å². The zero-order valence-corrected chi connectivity index (χ0v) is 14.6. The lowest BCUT2D eigenvalue weighted by molar-refractivity contribution is 0.102. The number of hydrogen-bond donors (Lipinski definition) is 1. The highest BCUT2D eigenvalue weighted by atomic mass is 35.5. The molecule has 0 saturated heterocycles. The first kappa shape index (κ1) is 17.2. The summed E-state index contributed by atoms with van der Waals surface area (Å²) in [6.07, 6.45) is 1.74. The van der Waals surface area contributed by atoms with Gasteiger partial charge in [-0.25, -0.2) is 4.39 Å². The fourth-order valence-corrected chi connectivity index (χ4v) is 2.63. The van der Waals surface area contributed by atoms with E-state index in [0.717, 1.165) is 5.69 Å². The van der Waals surface area contributed by atoms with Crippen molar-refractivity contribution in [1.29, 1.82) is 0 Å². The molecule has 0 fully saturated rings. The molecule has 25 heavy (non-hydrogen) atoms. The van der Waals surface area contributed by atoms with E-state index in [4.69, 9.17) is 11.6 Å². The number of benzene rings is 1. The van der Waals surface area contributed by atoms with Crippen LogP contribution >= 0.6 is 11.6 Å². The fourth-order valence-electron chi connectivity index (χ4n) is 2.40. The van der Waals surface area contributed by atoms with Crippen molar-refractivity contribution in [1.82, 2.24) is 19.6 Å². The van der Waals surface area contributed by atoms with Crippen LogP contribution in [0.15, 0.2) is 36.5 Å². The summed E-state index contributed by atoms with van der Waals surface area (Å²) in [5.41, 5.74) is 1.44. The van der Waals surface area contributed by atoms with E-state index in [2.05, 4.69) is 15.5 Å². The molecule has 0 atom stereocenters. The predicted octanol–water partition coefficient (Wildman–Crippen LogP) is 3.50. The van der Waals surface area contributed by atoms with E-state index in [9.17, 15) is 9.18 Å². The lowest BCUT2D eigenvalue weighted by atomic mass is 10.2. The van der Waals surface area contributed by atoms with Crippen LogP contribution in [0.4, 0.5) is 10.2 Å². The Labute approximate surface area is 149 Å². The number of carbonyl (C=O) groups is 1. The maximum absolute atomic E-state index is 13.9. The van der Waals surface area contributed by atoms with Gasteiger partial charge in [-0.05, 0) is 32.0 Å². The zero-order chi connectivity index (χ0) is 18.0. The lowest BCUT2D eigenvalue weighted by Crippen LogP contribution is -2.14. The molecule has 0 aliphatic rings. The normalized spacial score (nSPS) is 10.9. The van der Waals surface area contributed by atoms with Gasteiger partial charge in [0, 0.05) is 35.1 Å². The fraction of sp³-hybridized carbons (Fsp3) is 0.235. The Morgan fingerprint density at radius 3 is 2.80 bits per heavy atom. The Balaban J connectivity index is 1.77. The molecule has 0 saturated carbocycles. The van der Waals surface area contributed by atoms with E-state index < -0.39 is 5.82 Å². The number of carbonyl (C=O) groups excluding carboxylic acids is 1. The number of nitrogens with one attached hydrogen (secondary N) is 1. The van der Waals surface area contributed by atoms with Crippen LogP contribution in [0.5, 0.6) is 0 Å². The average Bonchev–Trinajstić information content (AvgIpc) is 3.18. The molecule has 0 aliphatic carbocycles. The number of hydrogen-bond acceptors (Lipinski definition) is 3. The highest BCUT2D eigenvalue weighted by Gasteiger charge is 2.14. The molecule has 2 heterocycles. The third-order valence-corrected chi connectivity index (χ3v) is 4.14. The van der Waals surface area contributed by atoms with E-state index in [1.165, 1.54) is 6.07 Å². The van der Waals surface area contributed by atoms with Gasteiger partial charge in [0.25, 0.3) is 5.91 Å². The number of aryl methyl sites for hydroxylation is 2. The Morgan fingerprint density at radius 2 is 2.12 bits per heavy atom. The largest absolute Gasteiger partial charge is 0.304 e. The van der Waals surface area contributed by atoms with Gasteiger partial charge in [-0.2, -0.15) is 10.2 Å². The molecule has 130 valence electrons. The molecule has 0 aliphatic heterocycles. The standard InChI is InChI=1S/C17H17ClFN5O/c1-3-23-8-7-15(21-23)17(25)20-16-9-11(2)24(22-16)10-12-13(18)5-4-6-14(12)19/h4-9H,3,10H2,1-2H3,(H,20,22,25). The Bertz CT molecular complexity index is 897. The highest BCUT2D eigenvalue weighted by molar-refractivity contribution is 6.31. The monoisotopic (exact) mass is 361 g/mol. The minimum Gasteiger partial charge on any atom is -0.304 e. The van der Waals surface area contributed by atoms with Crippen LogP contribution in [0.2, 0.25) is 5.02 Å². The van der Waals surface area contributed by atoms with E-state index in [-0.39, 0.29) is 12.5 Å². The van der Waals surface area contributed by atoms with Crippen LogP contribution in [0.25, 0.3) is 0 Å². The summed E-state index contributed by atoms with van der Waals surface area (Å²) in [6.45, 7) is 4.62. The maximum atomic E-state index is 13.9. The zero-order valence-electron chi connectivity index (χ0n) is 13.8. The van der Waals surface area contributed by atoms with E-state index in [0.29, 0.717) is 28.6 Å². The summed E-state index contributed by atoms with van der Waals surface area (Å²) in [7, 11) is 0. The van der Waals surface area contributed by atoms with Crippen molar-refractivity contribution in [2.24, 2.45) is 0 Å². The van der Waals surface area contributed by atoms with Gasteiger partial charge in [0.15, 0.2) is 11.5 Å². The molecule has 0 unspecified atom stereocenters. The summed E-state index contributed by atoms with van der Waals surface area (Å²) in [6, 6.07) is 7.89. The minimum absolute atomic E-state index is 0.178. The third kappa shape index (κ3) is 3.71. The molecule has 8 heteroatoms. The number of nitrogens with zero attached hydrogens (tertiary/aromatic N) is 4. The number of amides is 1. The third-order valence-electron chi connectivity index (χ3n) is 3.79. The van der Waals surface area contributed by atoms with Crippen molar-refractivity contribution in [3.8, 4) is 0 Å². The Hall–Kier alpha value is -2.67. The van der Waals surface area contributed by atoms with Crippen LogP contribution in [-0.2, 0) is 13.1 Å². The van der Waals surface area contributed by atoms with Gasteiger partial charge < -0.3 is 5.32 Å². The molecule has 1 aromatic carbocycles. The SMILES string of the molecule is CCn1ccc(C(=O)Nc2cc(C)n(Cc3c(F)cccc3Cl)n2)n1. The van der Waals surface area contributed by atoms with Crippen molar-refractivity contribution >= 4 is 23.3 Å². The summed E-state index contributed by atoms with van der Waals surface area (Å²) in [5, 5.41) is 11.5. The highest BCUT2D eigenvalue weighted by Crippen LogP contribution is 2.21. The first-order valence-corrected chi connectivity index (χ1v) is 8.18. The van der Waals surface area contributed by atoms with Gasteiger partial charge in [-0.15, -0.1) is 0 Å². The Morgan fingerprint density at radius 1 is 1.32 bits per heavy atom. The molecule has 1 amide bonds. The lowest BCUT2D eigenvalue weighted by Gasteiger charge is -2.07. The van der Waals surface area contributed by atoms with Crippen molar-refractivity contribution in [2.45, 2.75) is 26.9 Å². The van der Waals surface area contributed by atoms with Crippen molar-refractivity contribution in [3.05, 3.63) is 64.3 Å². The van der Waals surface area contributed by atoms with Gasteiger partial charge in [0.2, 0.25) is 0 Å². The van der Waals surface area contributed by atoms with Crippen LogP contribution in [-0.4, -0.2) is 25.5 Å². The van der Waals surface area contributed by atoms with Crippen LogP contribution < -0.4 is 5.32 Å². The van der Waals surface area contributed by atoms with Crippen molar-refractivity contribution < 1.29 is 9.18 Å². The van der Waals surface area contributed by atoms with Gasteiger partial charge in [0.05, 0.1) is 6.54 Å². The molecular formula is C17H17ClFN5O. The molecule has 0 spiro atoms. The molecular weight excluding hydrogens is 345 g/mol. The van der Waals surface area contributed by atoms with Crippen LogP contribution in [0.1, 0.15) is 28.7 Å². The maximum Gasteiger partial charge on any atom is 0.277 e. The second-order valence-electron chi connectivity index (χ2n) is 5.54. The molecule has 6 nitrogen and oxygen atoms in total. The van der Waals surface area contributed by atoms with E-state index in [1.54, 1.807) is 39.8 Å². The summed E-state index contributed by atoms with van der Waals surface area (Å²) in [5.74, 6) is -0.361. The molecule has 3 aromatic rings. The summed E-state index contributed by atoms with van der Waals surface area (Å²) >= 11 is 6.06. The molecule has 3 rings (SSSR count). The Kier molecular flexibility index (Phi) is 4.85. The van der Waals surface area contributed by atoms with Crippen molar-refractivity contribution in [2.75, 3.05) is 5.32 Å². The summed E-state index contributed by atoms with van der Waals surface area (Å²) < 4.78 is 17.2. The first-order valence-electron chi connectivity index (χ1n) is 7.80. The second kappa shape index (κ2) is 7.06. The molecule has 0 radical (unpaired) electrons. The molecule has 0 bridgehead atoms. The number of aromatic nitrogens is 4. The first-order chi connectivity index (χ1) is 12.0. The topological polar surface area (TPSA) is 64.7 Å². The smallest absolute Gasteiger partial charge is 0.277 e. The molecule has 1 N–H and O–H groups in total. The number of rotatable bonds is 5. The number of anilines is 1. The molecule has 2 aromatic heterocycles. The predicted molar refractivity (Wildman–Crippen MR) is 93.3 cm³/mol. The number of halogens is 2. The quantitative estimate of drug-likeness (QED) is 0.756. The second-order valence-corrected chi connectivity index (χ2v) is 5.95. The minimum atomic E-state index is -0.391. The van der Waals surface area contributed by atoms with E-state index >= 15 is 0 Å². The van der Waals surface area contributed by atoms with Crippen LogP contribution in [0.3, 0.4) is 0 Å². The van der Waals surface area contributed by atoms with Gasteiger partial charge in [-0.1, -0.05) is 17.7 Å². The van der Waals surface area contributed by atoms with Gasteiger partial charge in [0.1, 0.15) is 5.82 Å². The van der Waals surface area contributed by atoms with Gasteiger partial charge in [-0.3, -0.25) is 14.2 Å². The van der Waals surface area contributed by atoms with Gasteiger partial charge >= 0.3 is 0 Å². The summed E-state index contributed by atoms with van der Waals surface area (Å²) in [4.78, 5) is 12.2. The van der Waals surface area contributed by atoms with Crippen LogP contribution in [0, 0.1) is 12.7 Å². The average molecular weight is 362 g/mol.